The van der Waals surface area contributed by atoms with Crippen molar-refractivity contribution in [2.24, 2.45) is 0 Å². The minimum Gasteiger partial charge on any atom is -0.493 e. The van der Waals surface area contributed by atoms with Crippen molar-refractivity contribution in [2.45, 2.75) is 26.7 Å². The van der Waals surface area contributed by atoms with E-state index in [9.17, 15) is 4.79 Å². The lowest BCUT2D eigenvalue weighted by molar-refractivity contribution is 0.0991. The predicted molar refractivity (Wildman–Crippen MR) is 82.4 cm³/mol. The van der Waals surface area contributed by atoms with Gasteiger partial charge in [-0.25, -0.2) is 0 Å². The molecule has 0 saturated carbocycles. The Labute approximate surface area is 128 Å². The highest BCUT2D eigenvalue weighted by Gasteiger charge is 2.20. The van der Waals surface area contributed by atoms with Crippen LogP contribution in [0.4, 0.5) is 0 Å². The molecule has 0 radical (unpaired) electrons. The number of aromatic nitrogens is 1. The zero-order valence-electron chi connectivity index (χ0n) is 12.1. The molecule has 0 saturated heterocycles. The first kappa shape index (κ1) is 14.1. The van der Waals surface area contributed by atoms with Gasteiger partial charge in [0.2, 0.25) is 0 Å². The molecule has 0 bridgehead atoms. The van der Waals surface area contributed by atoms with Gasteiger partial charge in [0.1, 0.15) is 5.75 Å². The molecule has 2 heterocycles. The number of hydrogen-bond donors (Lipinski definition) is 0. The van der Waals surface area contributed by atoms with Gasteiger partial charge < -0.3 is 4.74 Å². The quantitative estimate of drug-likeness (QED) is 0.811. The van der Waals surface area contributed by atoms with Gasteiger partial charge in [0.15, 0.2) is 5.78 Å². The Morgan fingerprint density at radius 3 is 2.67 bits per heavy atom. The molecule has 3 nitrogen and oxygen atoms in total. The lowest BCUT2D eigenvalue weighted by Crippen LogP contribution is -2.06. The normalized spacial score (nSPS) is 12.9. The van der Waals surface area contributed by atoms with E-state index in [-0.39, 0.29) is 5.78 Å². The van der Waals surface area contributed by atoms with Gasteiger partial charge in [-0.1, -0.05) is 11.6 Å². The number of ketones is 1. The summed E-state index contributed by atoms with van der Waals surface area (Å²) < 4.78 is 5.65. The number of Topliss-reactive ketones (excluding diaryl/α,β-unsaturated/α-hetero) is 1. The van der Waals surface area contributed by atoms with Gasteiger partial charge in [-0.05, 0) is 43.7 Å². The summed E-state index contributed by atoms with van der Waals surface area (Å²) in [4.78, 5) is 16.8. The van der Waals surface area contributed by atoms with Crippen molar-refractivity contribution in [3.05, 3.63) is 57.4 Å². The van der Waals surface area contributed by atoms with E-state index in [0.29, 0.717) is 23.6 Å². The van der Waals surface area contributed by atoms with Crippen LogP contribution in [0.3, 0.4) is 0 Å². The topological polar surface area (TPSA) is 39.2 Å². The lowest BCUT2D eigenvalue weighted by Gasteiger charge is -2.09. The molecule has 1 aliphatic heterocycles. The van der Waals surface area contributed by atoms with Gasteiger partial charge in [0.25, 0.3) is 0 Å². The molecule has 0 unspecified atom stereocenters. The zero-order valence-corrected chi connectivity index (χ0v) is 12.8. The Hall–Kier alpha value is -1.87. The summed E-state index contributed by atoms with van der Waals surface area (Å²) in [6.45, 7) is 4.44. The van der Waals surface area contributed by atoms with Crippen molar-refractivity contribution in [1.29, 1.82) is 0 Å². The Kier molecular flexibility index (Phi) is 3.68. The SMILES string of the molecule is Cc1cc(C(=O)Cc2cc(Cl)cc3c2OCC3)cc(C)n1. The van der Waals surface area contributed by atoms with Crippen molar-refractivity contribution in [3.8, 4) is 5.75 Å². The standard InChI is InChI=1S/C17H16ClNO2/c1-10-5-13(6-11(2)19-10)16(20)9-14-8-15(18)7-12-3-4-21-17(12)14/h5-8H,3-4,9H2,1-2H3. The van der Waals surface area contributed by atoms with E-state index in [2.05, 4.69) is 4.98 Å². The van der Waals surface area contributed by atoms with Gasteiger partial charge in [-0.2, -0.15) is 0 Å². The second-order valence-electron chi connectivity index (χ2n) is 5.39. The van der Waals surface area contributed by atoms with Crippen molar-refractivity contribution in [3.63, 3.8) is 0 Å². The van der Waals surface area contributed by atoms with Crippen LogP contribution in [0.1, 0.15) is 32.9 Å². The summed E-state index contributed by atoms with van der Waals surface area (Å²) in [5.41, 5.74) is 4.35. The number of aryl methyl sites for hydroxylation is 2. The molecule has 3 rings (SSSR count). The summed E-state index contributed by atoms with van der Waals surface area (Å²) in [7, 11) is 0. The third kappa shape index (κ3) is 2.93. The molecular formula is C17H16ClNO2. The lowest BCUT2D eigenvalue weighted by atomic mass is 9.99. The second kappa shape index (κ2) is 5.49. The van der Waals surface area contributed by atoms with Crippen LogP contribution in [-0.2, 0) is 12.8 Å². The summed E-state index contributed by atoms with van der Waals surface area (Å²) in [6.07, 6.45) is 1.15. The van der Waals surface area contributed by atoms with E-state index >= 15 is 0 Å². The van der Waals surface area contributed by atoms with Gasteiger partial charge in [-0.15, -0.1) is 0 Å². The fourth-order valence-corrected chi connectivity index (χ4v) is 3.01. The molecule has 1 aromatic heterocycles. The van der Waals surface area contributed by atoms with Crippen LogP contribution in [0.25, 0.3) is 0 Å². The molecule has 1 aliphatic rings. The summed E-state index contributed by atoms with van der Waals surface area (Å²) >= 11 is 6.13. The second-order valence-corrected chi connectivity index (χ2v) is 5.83. The van der Waals surface area contributed by atoms with E-state index in [1.165, 1.54) is 0 Å². The number of carbonyl (C=O) groups excluding carboxylic acids is 1. The first-order chi connectivity index (χ1) is 10.0. The highest BCUT2D eigenvalue weighted by atomic mass is 35.5. The number of nitrogens with zero attached hydrogens (tertiary/aromatic N) is 1. The largest absolute Gasteiger partial charge is 0.493 e. The molecule has 0 aliphatic carbocycles. The zero-order chi connectivity index (χ0) is 15.0. The summed E-state index contributed by atoms with van der Waals surface area (Å²) in [5, 5.41) is 0.657. The highest BCUT2D eigenvalue weighted by Crippen LogP contribution is 2.33. The Balaban J connectivity index is 1.92. The van der Waals surface area contributed by atoms with E-state index < -0.39 is 0 Å². The van der Waals surface area contributed by atoms with Gasteiger partial charge in [0.05, 0.1) is 6.61 Å². The van der Waals surface area contributed by atoms with Crippen LogP contribution in [0.5, 0.6) is 5.75 Å². The summed E-state index contributed by atoms with van der Waals surface area (Å²) in [6, 6.07) is 7.38. The number of carbonyl (C=O) groups is 1. The fourth-order valence-electron chi connectivity index (χ4n) is 2.75. The van der Waals surface area contributed by atoms with E-state index in [0.717, 1.165) is 34.7 Å². The average Bonchev–Trinajstić information content (AvgIpc) is 2.85. The van der Waals surface area contributed by atoms with Crippen LogP contribution in [0.15, 0.2) is 24.3 Å². The first-order valence-electron chi connectivity index (χ1n) is 6.95. The van der Waals surface area contributed by atoms with Gasteiger partial charge in [0, 0.05) is 40.4 Å². The number of halogens is 1. The average molecular weight is 302 g/mol. The van der Waals surface area contributed by atoms with Crippen LogP contribution in [-0.4, -0.2) is 17.4 Å². The predicted octanol–water partition coefficient (Wildman–Crippen LogP) is 3.71. The molecule has 0 spiro atoms. The minimum atomic E-state index is 0.0589. The van der Waals surface area contributed by atoms with E-state index in [1.54, 1.807) is 0 Å². The molecule has 0 fully saturated rings. The third-order valence-corrected chi connectivity index (χ3v) is 3.80. The molecular weight excluding hydrogens is 286 g/mol. The number of ether oxygens (including phenoxy) is 1. The van der Waals surface area contributed by atoms with Crippen molar-refractivity contribution < 1.29 is 9.53 Å². The Morgan fingerprint density at radius 1 is 1.24 bits per heavy atom. The molecule has 4 heteroatoms. The number of pyridine rings is 1. The van der Waals surface area contributed by atoms with Crippen LogP contribution >= 0.6 is 11.6 Å². The molecule has 0 amide bonds. The number of hydrogen-bond acceptors (Lipinski definition) is 3. The molecule has 1 aromatic carbocycles. The van der Waals surface area contributed by atoms with Crippen molar-refractivity contribution in [2.75, 3.05) is 6.61 Å². The van der Waals surface area contributed by atoms with Crippen molar-refractivity contribution >= 4 is 17.4 Å². The molecule has 2 aromatic rings. The van der Waals surface area contributed by atoms with Crippen LogP contribution in [0.2, 0.25) is 5.02 Å². The number of fused-ring (bicyclic) bond motifs is 1. The fraction of sp³-hybridized carbons (Fsp3) is 0.294. The first-order valence-corrected chi connectivity index (χ1v) is 7.33. The van der Waals surface area contributed by atoms with E-state index in [4.69, 9.17) is 16.3 Å². The maximum Gasteiger partial charge on any atom is 0.167 e. The Bertz CT molecular complexity index is 705. The van der Waals surface area contributed by atoms with E-state index in [1.807, 2.05) is 38.1 Å². The van der Waals surface area contributed by atoms with Crippen molar-refractivity contribution in [1.82, 2.24) is 4.98 Å². The Morgan fingerprint density at radius 2 is 1.95 bits per heavy atom. The minimum absolute atomic E-state index is 0.0589. The third-order valence-electron chi connectivity index (χ3n) is 3.58. The molecule has 0 N–H and O–H groups in total. The van der Waals surface area contributed by atoms with Crippen LogP contribution < -0.4 is 4.74 Å². The monoisotopic (exact) mass is 301 g/mol. The van der Waals surface area contributed by atoms with Crippen LogP contribution in [0, 0.1) is 13.8 Å². The number of benzene rings is 1. The summed E-state index contributed by atoms with van der Waals surface area (Å²) in [5.74, 6) is 0.888. The molecule has 0 atom stereocenters. The smallest absolute Gasteiger partial charge is 0.167 e. The highest BCUT2D eigenvalue weighted by molar-refractivity contribution is 6.30. The maximum atomic E-state index is 12.5. The molecule has 108 valence electrons. The van der Waals surface area contributed by atoms with Gasteiger partial charge >= 0.3 is 0 Å². The number of rotatable bonds is 3. The van der Waals surface area contributed by atoms with Gasteiger partial charge in [-0.3, -0.25) is 9.78 Å². The molecule has 21 heavy (non-hydrogen) atoms. The maximum absolute atomic E-state index is 12.5.